The second kappa shape index (κ2) is 4.57. The van der Waals surface area contributed by atoms with E-state index in [0.717, 1.165) is 0 Å². The predicted octanol–water partition coefficient (Wildman–Crippen LogP) is 0.898. The van der Waals surface area contributed by atoms with Gasteiger partial charge in [-0.1, -0.05) is 0 Å². The van der Waals surface area contributed by atoms with Crippen molar-refractivity contribution in [3.63, 3.8) is 0 Å². The number of nitrogen functional groups attached to an aromatic ring is 1. The van der Waals surface area contributed by atoms with Crippen molar-refractivity contribution in [2.75, 3.05) is 12.8 Å². The number of nitrogens with zero attached hydrogens (tertiary/aromatic N) is 2. The standard InChI is InChI=1S/C8H8ClN3O2/c1-14-6(13)3-2-5-4-11-8(9)12-7(5)10/h2-4H,1H3,(H2,10,11,12). The fraction of sp³-hybridized carbons (Fsp3) is 0.125. The number of methoxy groups -OCH3 is 1. The Kier molecular flexibility index (Phi) is 3.41. The normalized spacial score (nSPS) is 10.4. The van der Waals surface area contributed by atoms with Gasteiger partial charge in [0.15, 0.2) is 0 Å². The quantitative estimate of drug-likeness (QED) is 0.449. The van der Waals surface area contributed by atoms with Gasteiger partial charge in [-0.2, -0.15) is 0 Å². The zero-order chi connectivity index (χ0) is 10.6. The first kappa shape index (κ1) is 10.5. The van der Waals surface area contributed by atoms with Crippen molar-refractivity contribution in [2.24, 2.45) is 0 Å². The number of hydrogen-bond acceptors (Lipinski definition) is 5. The molecule has 0 spiro atoms. The van der Waals surface area contributed by atoms with Crippen LogP contribution in [0.4, 0.5) is 5.82 Å². The molecule has 0 amide bonds. The molecule has 6 heteroatoms. The van der Waals surface area contributed by atoms with E-state index >= 15 is 0 Å². The number of carbonyl (C=O) groups is 1. The van der Waals surface area contributed by atoms with E-state index in [9.17, 15) is 4.79 Å². The number of anilines is 1. The van der Waals surface area contributed by atoms with Gasteiger partial charge in [0, 0.05) is 17.8 Å². The summed E-state index contributed by atoms with van der Waals surface area (Å²) >= 11 is 5.49. The van der Waals surface area contributed by atoms with Crippen LogP contribution in [0, 0.1) is 0 Å². The number of esters is 1. The second-order valence-corrected chi connectivity index (χ2v) is 2.67. The molecule has 0 atom stereocenters. The minimum absolute atomic E-state index is 0.0673. The van der Waals surface area contributed by atoms with Gasteiger partial charge in [-0.05, 0) is 17.7 Å². The molecule has 0 saturated carbocycles. The third-order valence-corrected chi connectivity index (χ3v) is 1.60. The highest BCUT2D eigenvalue weighted by molar-refractivity contribution is 6.28. The Morgan fingerprint density at radius 1 is 1.71 bits per heavy atom. The van der Waals surface area contributed by atoms with Crippen LogP contribution in [0.25, 0.3) is 6.08 Å². The number of carbonyl (C=O) groups excluding carboxylic acids is 1. The Morgan fingerprint density at radius 2 is 2.43 bits per heavy atom. The highest BCUT2D eigenvalue weighted by Crippen LogP contribution is 2.11. The minimum Gasteiger partial charge on any atom is -0.466 e. The number of ether oxygens (including phenoxy) is 1. The van der Waals surface area contributed by atoms with E-state index < -0.39 is 5.97 Å². The SMILES string of the molecule is COC(=O)C=Cc1cnc(Cl)nc1N. The number of aromatic nitrogens is 2. The first-order valence-corrected chi connectivity index (χ1v) is 4.05. The van der Waals surface area contributed by atoms with Gasteiger partial charge in [0.05, 0.1) is 7.11 Å². The van der Waals surface area contributed by atoms with Crippen LogP contribution in [0.15, 0.2) is 12.3 Å². The number of halogens is 1. The summed E-state index contributed by atoms with van der Waals surface area (Å²) in [5.41, 5.74) is 6.02. The average Bonchev–Trinajstić information content (AvgIpc) is 2.16. The summed E-state index contributed by atoms with van der Waals surface area (Å²) in [5.74, 6) is -0.260. The first-order valence-electron chi connectivity index (χ1n) is 3.67. The van der Waals surface area contributed by atoms with Crippen molar-refractivity contribution in [1.82, 2.24) is 9.97 Å². The van der Waals surface area contributed by atoms with Gasteiger partial charge >= 0.3 is 5.97 Å². The first-order chi connectivity index (χ1) is 6.63. The Bertz CT molecular complexity index is 379. The van der Waals surface area contributed by atoms with Crippen molar-refractivity contribution in [3.8, 4) is 0 Å². The molecular weight excluding hydrogens is 206 g/mol. The third-order valence-electron chi connectivity index (χ3n) is 1.42. The molecule has 2 N–H and O–H groups in total. The summed E-state index contributed by atoms with van der Waals surface area (Å²) in [6, 6.07) is 0. The third kappa shape index (κ3) is 2.70. The monoisotopic (exact) mass is 213 g/mol. The summed E-state index contributed by atoms with van der Waals surface area (Å²) in [7, 11) is 1.29. The summed E-state index contributed by atoms with van der Waals surface area (Å²) in [6.45, 7) is 0. The van der Waals surface area contributed by atoms with Crippen LogP contribution in [0.1, 0.15) is 5.56 Å². The molecule has 0 aliphatic heterocycles. The van der Waals surface area contributed by atoms with Gasteiger partial charge in [0.2, 0.25) is 5.28 Å². The van der Waals surface area contributed by atoms with E-state index in [2.05, 4.69) is 14.7 Å². The lowest BCUT2D eigenvalue weighted by Crippen LogP contribution is -1.97. The predicted molar refractivity (Wildman–Crippen MR) is 52.5 cm³/mol. The van der Waals surface area contributed by atoms with Crippen molar-refractivity contribution in [2.45, 2.75) is 0 Å². The van der Waals surface area contributed by atoms with Crippen LogP contribution in [0.5, 0.6) is 0 Å². The maximum atomic E-state index is 10.7. The van der Waals surface area contributed by atoms with E-state index in [4.69, 9.17) is 17.3 Å². The lowest BCUT2D eigenvalue weighted by molar-refractivity contribution is -0.134. The van der Waals surface area contributed by atoms with Crippen molar-refractivity contribution in [3.05, 3.63) is 23.1 Å². The van der Waals surface area contributed by atoms with Crippen LogP contribution in [-0.4, -0.2) is 23.0 Å². The van der Waals surface area contributed by atoms with Gasteiger partial charge in [-0.25, -0.2) is 14.8 Å². The maximum Gasteiger partial charge on any atom is 0.330 e. The van der Waals surface area contributed by atoms with Crippen LogP contribution < -0.4 is 5.73 Å². The average molecular weight is 214 g/mol. The number of nitrogens with two attached hydrogens (primary N) is 1. The number of hydrogen-bond donors (Lipinski definition) is 1. The van der Waals surface area contributed by atoms with Gasteiger partial charge in [0.25, 0.3) is 0 Å². The smallest absolute Gasteiger partial charge is 0.330 e. The summed E-state index contributed by atoms with van der Waals surface area (Å²) in [4.78, 5) is 18.2. The van der Waals surface area contributed by atoms with E-state index in [-0.39, 0.29) is 11.1 Å². The molecule has 0 fully saturated rings. The molecule has 0 unspecified atom stereocenters. The Balaban J connectivity index is 2.87. The molecule has 74 valence electrons. The molecular formula is C8H8ClN3O2. The van der Waals surface area contributed by atoms with E-state index in [0.29, 0.717) is 5.56 Å². The van der Waals surface area contributed by atoms with E-state index in [1.807, 2.05) is 0 Å². The highest BCUT2D eigenvalue weighted by atomic mass is 35.5. The topological polar surface area (TPSA) is 78.1 Å². The molecule has 1 aromatic heterocycles. The number of rotatable bonds is 2. The second-order valence-electron chi connectivity index (χ2n) is 2.34. The van der Waals surface area contributed by atoms with E-state index in [1.54, 1.807) is 0 Å². The van der Waals surface area contributed by atoms with Crippen LogP contribution >= 0.6 is 11.6 Å². The highest BCUT2D eigenvalue weighted by Gasteiger charge is 1.99. The minimum atomic E-state index is -0.473. The molecule has 1 aromatic rings. The lowest BCUT2D eigenvalue weighted by Gasteiger charge is -1.97. The summed E-state index contributed by atoms with van der Waals surface area (Å²) in [6.07, 6.45) is 4.10. The fourth-order valence-electron chi connectivity index (χ4n) is 0.736. The van der Waals surface area contributed by atoms with Gasteiger partial charge in [0.1, 0.15) is 5.82 Å². The maximum absolute atomic E-state index is 10.7. The zero-order valence-electron chi connectivity index (χ0n) is 7.40. The summed E-state index contributed by atoms with van der Waals surface area (Å²) < 4.78 is 4.40. The Morgan fingerprint density at radius 3 is 3.00 bits per heavy atom. The van der Waals surface area contributed by atoms with Gasteiger partial charge in [-0.3, -0.25) is 0 Å². The van der Waals surface area contributed by atoms with Crippen molar-refractivity contribution >= 4 is 29.5 Å². The van der Waals surface area contributed by atoms with Gasteiger partial charge in [-0.15, -0.1) is 0 Å². The van der Waals surface area contributed by atoms with E-state index in [1.165, 1.54) is 25.5 Å². The molecule has 14 heavy (non-hydrogen) atoms. The van der Waals surface area contributed by atoms with Crippen molar-refractivity contribution in [1.29, 1.82) is 0 Å². The zero-order valence-corrected chi connectivity index (χ0v) is 8.15. The molecule has 0 aromatic carbocycles. The molecule has 0 aliphatic rings. The molecule has 1 heterocycles. The molecule has 0 bridgehead atoms. The van der Waals surface area contributed by atoms with Gasteiger partial charge < -0.3 is 10.5 Å². The molecule has 0 saturated heterocycles. The molecule has 0 aliphatic carbocycles. The van der Waals surface area contributed by atoms with Crippen LogP contribution in [0.2, 0.25) is 5.28 Å². The Labute approximate surface area is 85.6 Å². The van der Waals surface area contributed by atoms with Crippen molar-refractivity contribution < 1.29 is 9.53 Å². The van der Waals surface area contributed by atoms with Crippen LogP contribution in [0.3, 0.4) is 0 Å². The largest absolute Gasteiger partial charge is 0.466 e. The lowest BCUT2D eigenvalue weighted by atomic mass is 10.3. The van der Waals surface area contributed by atoms with Crippen LogP contribution in [-0.2, 0) is 9.53 Å². The summed E-state index contributed by atoms with van der Waals surface area (Å²) in [5, 5.41) is 0.0673. The molecule has 1 rings (SSSR count). The Hall–Kier alpha value is -1.62. The fourth-order valence-corrected chi connectivity index (χ4v) is 0.876. The molecule has 5 nitrogen and oxygen atoms in total. The molecule has 0 radical (unpaired) electrons.